The number of hydrogen-bond donors (Lipinski definition) is 1. The van der Waals surface area contributed by atoms with Gasteiger partial charge >= 0.3 is 0 Å². The molecule has 1 rings (SSSR count). The first kappa shape index (κ1) is 12.0. The molecule has 0 bridgehead atoms. The highest BCUT2D eigenvalue weighted by Crippen LogP contribution is 2.32. The lowest BCUT2D eigenvalue weighted by molar-refractivity contribution is 0.222. The van der Waals surface area contributed by atoms with Gasteiger partial charge in [-0.3, -0.25) is 0 Å². The van der Waals surface area contributed by atoms with Crippen LogP contribution < -0.4 is 5.32 Å². The van der Waals surface area contributed by atoms with Crippen LogP contribution in [-0.4, -0.2) is 37.6 Å². The van der Waals surface area contributed by atoms with Crippen LogP contribution in [0.3, 0.4) is 0 Å². The van der Waals surface area contributed by atoms with Crippen molar-refractivity contribution in [1.29, 1.82) is 0 Å². The second-order valence-electron chi connectivity index (χ2n) is 4.98. The molecule has 2 nitrogen and oxygen atoms in total. The lowest BCUT2D eigenvalue weighted by atomic mass is 10.1. The molecular weight excluding hydrogens is 172 g/mol. The van der Waals surface area contributed by atoms with E-state index in [2.05, 4.69) is 38.0 Å². The zero-order valence-corrected chi connectivity index (χ0v) is 10.2. The fourth-order valence-corrected chi connectivity index (χ4v) is 2.10. The summed E-state index contributed by atoms with van der Waals surface area (Å²) in [6, 6.07) is 0.730. The summed E-state index contributed by atoms with van der Waals surface area (Å²) in [4.78, 5) is 2.57. The highest BCUT2D eigenvalue weighted by Gasteiger charge is 2.30. The van der Waals surface area contributed by atoms with E-state index in [0.717, 1.165) is 17.9 Å². The summed E-state index contributed by atoms with van der Waals surface area (Å²) >= 11 is 0. The molecule has 0 heterocycles. The number of hydrogen-bond acceptors (Lipinski definition) is 2. The van der Waals surface area contributed by atoms with Crippen LogP contribution in [0.2, 0.25) is 0 Å². The number of nitrogens with zero attached hydrogens (tertiary/aromatic N) is 1. The normalized spacial score (nSPS) is 19.3. The number of likely N-dealkylation sites (N-methyl/N-ethyl adjacent to an activating group) is 2. The molecule has 1 atom stereocenters. The van der Waals surface area contributed by atoms with Gasteiger partial charge in [-0.25, -0.2) is 0 Å². The first-order valence-corrected chi connectivity index (χ1v) is 6.07. The summed E-state index contributed by atoms with van der Waals surface area (Å²) < 4.78 is 0. The molecule has 0 aromatic heterocycles. The zero-order valence-electron chi connectivity index (χ0n) is 10.2. The van der Waals surface area contributed by atoms with Crippen LogP contribution in [0.15, 0.2) is 0 Å². The quantitative estimate of drug-likeness (QED) is 0.673. The second kappa shape index (κ2) is 5.72. The summed E-state index contributed by atoms with van der Waals surface area (Å²) in [5.41, 5.74) is 0. The molecule has 2 heteroatoms. The second-order valence-corrected chi connectivity index (χ2v) is 4.98. The molecule has 1 unspecified atom stereocenters. The molecule has 1 fully saturated rings. The Hall–Kier alpha value is -0.0800. The predicted molar refractivity (Wildman–Crippen MR) is 62.5 cm³/mol. The summed E-state index contributed by atoms with van der Waals surface area (Å²) in [6.07, 6.45) is 2.87. The summed E-state index contributed by atoms with van der Waals surface area (Å²) in [6.45, 7) is 10.5. The van der Waals surface area contributed by atoms with Gasteiger partial charge in [0.2, 0.25) is 0 Å². The zero-order chi connectivity index (χ0) is 10.6. The van der Waals surface area contributed by atoms with Crippen LogP contribution in [0.4, 0.5) is 0 Å². The van der Waals surface area contributed by atoms with Crippen LogP contribution in [0.25, 0.3) is 0 Å². The minimum absolute atomic E-state index is 0.730. The van der Waals surface area contributed by atoms with Gasteiger partial charge in [0.05, 0.1) is 0 Å². The molecule has 84 valence electrons. The van der Waals surface area contributed by atoms with Crippen LogP contribution in [0.5, 0.6) is 0 Å². The van der Waals surface area contributed by atoms with Crippen molar-refractivity contribution in [2.45, 2.75) is 39.7 Å². The van der Waals surface area contributed by atoms with Gasteiger partial charge in [0.25, 0.3) is 0 Å². The molecule has 0 amide bonds. The van der Waals surface area contributed by atoms with E-state index in [9.17, 15) is 0 Å². The third-order valence-electron chi connectivity index (χ3n) is 3.09. The van der Waals surface area contributed by atoms with Crippen molar-refractivity contribution in [1.82, 2.24) is 10.2 Å². The van der Waals surface area contributed by atoms with Gasteiger partial charge in [-0.2, -0.15) is 0 Å². The van der Waals surface area contributed by atoms with Crippen LogP contribution in [0.1, 0.15) is 33.6 Å². The van der Waals surface area contributed by atoms with Crippen molar-refractivity contribution < 1.29 is 0 Å². The Kier molecular flexibility index (Phi) is 4.90. The van der Waals surface area contributed by atoms with Gasteiger partial charge in [0, 0.05) is 19.1 Å². The Morgan fingerprint density at radius 1 is 1.29 bits per heavy atom. The Morgan fingerprint density at radius 2 is 1.93 bits per heavy atom. The Labute approximate surface area is 89.1 Å². The maximum atomic E-state index is 3.46. The molecule has 0 spiro atoms. The average molecular weight is 198 g/mol. The van der Waals surface area contributed by atoms with Crippen molar-refractivity contribution in [3.8, 4) is 0 Å². The molecule has 0 radical (unpaired) electrons. The van der Waals surface area contributed by atoms with E-state index >= 15 is 0 Å². The van der Waals surface area contributed by atoms with Gasteiger partial charge in [-0.05, 0) is 38.3 Å². The molecule has 1 aliphatic carbocycles. The van der Waals surface area contributed by atoms with Crippen molar-refractivity contribution in [2.75, 3.05) is 26.7 Å². The van der Waals surface area contributed by atoms with E-state index in [4.69, 9.17) is 0 Å². The number of nitrogens with one attached hydrogen (secondary N) is 1. The monoisotopic (exact) mass is 198 g/mol. The van der Waals surface area contributed by atoms with Crippen molar-refractivity contribution in [3.05, 3.63) is 0 Å². The van der Waals surface area contributed by atoms with E-state index in [1.54, 1.807) is 0 Å². The van der Waals surface area contributed by atoms with Crippen molar-refractivity contribution in [3.63, 3.8) is 0 Å². The lowest BCUT2D eigenvalue weighted by Crippen LogP contribution is -2.42. The largest absolute Gasteiger partial charge is 0.315 e. The molecular formula is C12H26N2. The van der Waals surface area contributed by atoms with E-state index < -0.39 is 0 Å². The molecule has 1 N–H and O–H groups in total. The fourth-order valence-electron chi connectivity index (χ4n) is 2.10. The summed E-state index contributed by atoms with van der Waals surface area (Å²) in [7, 11) is 2.10. The van der Waals surface area contributed by atoms with Crippen molar-refractivity contribution >= 4 is 0 Å². The highest BCUT2D eigenvalue weighted by atomic mass is 15.1. The van der Waals surface area contributed by atoms with Crippen LogP contribution >= 0.6 is 0 Å². The molecule has 0 aliphatic heterocycles. The first-order valence-electron chi connectivity index (χ1n) is 6.07. The standard InChI is InChI=1S/C12H26N2/c1-5-14(8-10(2)3)9-12(13-4)11-6-7-11/h10-13H,5-9H2,1-4H3. The van der Waals surface area contributed by atoms with E-state index in [0.29, 0.717) is 0 Å². The predicted octanol–water partition coefficient (Wildman–Crippen LogP) is 1.96. The number of rotatable bonds is 7. The Balaban J connectivity index is 2.29. The topological polar surface area (TPSA) is 15.3 Å². The maximum Gasteiger partial charge on any atom is 0.0220 e. The van der Waals surface area contributed by atoms with Gasteiger partial charge < -0.3 is 10.2 Å². The van der Waals surface area contributed by atoms with Gasteiger partial charge in [0.15, 0.2) is 0 Å². The lowest BCUT2D eigenvalue weighted by Gasteiger charge is -2.27. The molecule has 0 saturated heterocycles. The van der Waals surface area contributed by atoms with E-state index in [1.165, 1.54) is 32.5 Å². The third-order valence-corrected chi connectivity index (χ3v) is 3.09. The smallest absolute Gasteiger partial charge is 0.0220 e. The first-order chi connectivity index (χ1) is 6.67. The van der Waals surface area contributed by atoms with E-state index in [-0.39, 0.29) is 0 Å². The SMILES string of the molecule is CCN(CC(C)C)CC(NC)C1CC1. The molecule has 1 saturated carbocycles. The minimum atomic E-state index is 0.730. The maximum absolute atomic E-state index is 3.46. The highest BCUT2D eigenvalue weighted by molar-refractivity contribution is 4.87. The Morgan fingerprint density at radius 3 is 2.29 bits per heavy atom. The average Bonchev–Trinajstić information content (AvgIpc) is 2.94. The molecule has 0 aromatic carbocycles. The van der Waals surface area contributed by atoms with Gasteiger partial charge in [0.1, 0.15) is 0 Å². The summed E-state index contributed by atoms with van der Waals surface area (Å²) in [5, 5.41) is 3.46. The molecule has 1 aliphatic rings. The van der Waals surface area contributed by atoms with E-state index in [1.807, 2.05) is 0 Å². The summed E-state index contributed by atoms with van der Waals surface area (Å²) in [5.74, 6) is 1.74. The minimum Gasteiger partial charge on any atom is -0.315 e. The fraction of sp³-hybridized carbons (Fsp3) is 1.00. The Bertz CT molecular complexity index is 152. The van der Waals surface area contributed by atoms with Crippen molar-refractivity contribution in [2.24, 2.45) is 11.8 Å². The van der Waals surface area contributed by atoms with Crippen LogP contribution in [0, 0.1) is 11.8 Å². The van der Waals surface area contributed by atoms with Crippen LogP contribution in [-0.2, 0) is 0 Å². The molecule has 0 aromatic rings. The third kappa shape index (κ3) is 3.97. The van der Waals surface area contributed by atoms with Gasteiger partial charge in [-0.15, -0.1) is 0 Å². The molecule has 14 heavy (non-hydrogen) atoms. The van der Waals surface area contributed by atoms with Gasteiger partial charge in [-0.1, -0.05) is 20.8 Å².